The molecule has 0 aliphatic rings. The number of hydrogen-bond donors (Lipinski definition) is 1. The van der Waals surface area contributed by atoms with Gasteiger partial charge in [-0.1, -0.05) is 35.3 Å². The average molecular weight is 293 g/mol. The van der Waals surface area contributed by atoms with Crippen LogP contribution in [0.4, 0.5) is 13.2 Å². The van der Waals surface area contributed by atoms with Crippen LogP contribution in [0.2, 0.25) is 5.02 Å². The van der Waals surface area contributed by atoms with Gasteiger partial charge in [0.2, 0.25) is 10.7 Å². The Morgan fingerprint density at radius 3 is 1.88 bits per heavy atom. The molecular formula is C8H5Cl2F3O2S. The minimum Gasteiger partial charge on any atom is -0.225 e. The SMILES string of the molecule is O=[SH](=O)C(F)(F)C(F)(Cl)c1ccc(Cl)cc1. The molecule has 8 heteroatoms. The van der Waals surface area contributed by atoms with Gasteiger partial charge in [-0.3, -0.25) is 0 Å². The number of alkyl halides is 4. The molecule has 0 radical (unpaired) electrons. The van der Waals surface area contributed by atoms with E-state index in [2.05, 4.69) is 0 Å². The molecule has 0 saturated carbocycles. The Kier molecular flexibility index (Phi) is 3.76. The Balaban J connectivity index is 3.25. The van der Waals surface area contributed by atoms with Crippen LogP contribution in [-0.4, -0.2) is 13.7 Å². The number of halogens is 5. The van der Waals surface area contributed by atoms with Gasteiger partial charge in [-0.15, -0.1) is 0 Å². The van der Waals surface area contributed by atoms with E-state index >= 15 is 0 Å². The highest BCUT2D eigenvalue weighted by Gasteiger charge is 2.58. The fourth-order valence-electron chi connectivity index (χ4n) is 0.948. The predicted molar refractivity (Wildman–Crippen MR) is 55.4 cm³/mol. The van der Waals surface area contributed by atoms with E-state index in [0.717, 1.165) is 24.3 Å². The van der Waals surface area contributed by atoms with E-state index in [9.17, 15) is 21.6 Å². The summed E-state index contributed by atoms with van der Waals surface area (Å²) < 4.78 is 60.0. The molecule has 0 aliphatic heterocycles. The van der Waals surface area contributed by atoms with Crippen LogP contribution >= 0.6 is 23.2 Å². The van der Waals surface area contributed by atoms with E-state index in [0.29, 0.717) is 0 Å². The molecule has 0 bridgehead atoms. The van der Waals surface area contributed by atoms with Crippen LogP contribution in [0.25, 0.3) is 0 Å². The molecule has 0 aromatic heterocycles. The van der Waals surface area contributed by atoms with E-state index in [4.69, 9.17) is 23.2 Å². The third-order valence-corrected chi connectivity index (χ3v) is 3.42. The summed E-state index contributed by atoms with van der Waals surface area (Å²) >= 11 is 10.4. The van der Waals surface area contributed by atoms with Crippen LogP contribution in [0.1, 0.15) is 5.56 Å². The maximum atomic E-state index is 13.6. The Labute approximate surface area is 101 Å². The zero-order chi connectivity index (χ0) is 12.6. The summed E-state index contributed by atoms with van der Waals surface area (Å²) in [5, 5.41) is -8.32. The molecular weight excluding hydrogens is 288 g/mol. The highest BCUT2D eigenvalue weighted by Crippen LogP contribution is 2.45. The van der Waals surface area contributed by atoms with Crippen molar-refractivity contribution >= 4 is 33.9 Å². The van der Waals surface area contributed by atoms with Gasteiger partial charge in [-0.05, 0) is 12.1 Å². The second-order valence-electron chi connectivity index (χ2n) is 2.88. The van der Waals surface area contributed by atoms with Crippen molar-refractivity contribution in [3.05, 3.63) is 34.9 Å². The average Bonchev–Trinajstić information content (AvgIpc) is 2.17. The van der Waals surface area contributed by atoms with Crippen molar-refractivity contribution < 1.29 is 21.6 Å². The first-order valence-corrected chi connectivity index (χ1v) is 5.79. The maximum Gasteiger partial charge on any atom is 0.394 e. The molecule has 0 N–H and O–H groups in total. The highest BCUT2D eigenvalue weighted by atomic mass is 35.5. The second kappa shape index (κ2) is 4.43. The molecule has 16 heavy (non-hydrogen) atoms. The molecule has 1 unspecified atom stereocenters. The van der Waals surface area contributed by atoms with Crippen LogP contribution in [-0.2, 0) is 15.8 Å². The van der Waals surface area contributed by atoms with E-state index in [1.165, 1.54) is 0 Å². The third-order valence-electron chi connectivity index (χ3n) is 1.81. The lowest BCUT2D eigenvalue weighted by atomic mass is 10.1. The van der Waals surface area contributed by atoms with Crippen molar-refractivity contribution in [2.75, 3.05) is 0 Å². The van der Waals surface area contributed by atoms with Crippen molar-refractivity contribution in [2.24, 2.45) is 0 Å². The fourth-order valence-corrected chi connectivity index (χ4v) is 1.76. The van der Waals surface area contributed by atoms with E-state index in [-0.39, 0.29) is 5.02 Å². The normalized spacial score (nSPS) is 16.1. The highest BCUT2D eigenvalue weighted by molar-refractivity contribution is 7.73. The summed E-state index contributed by atoms with van der Waals surface area (Å²) in [5.74, 6) is 0. The number of thiol groups is 1. The lowest BCUT2D eigenvalue weighted by molar-refractivity contribution is -0.0207. The van der Waals surface area contributed by atoms with Crippen molar-refractivity contribution in [1.29, 1.82) is 0 Å². The van der Waals surface area contributed by atoms with Gasteiger partial charge in [0.1, 0.15) is 0 Å². The summed E-state index contributed by atoms with van der Waals surface area (Å²) in [6.45, 7) is 0. The number of rotatable bonds is 3. The molecule has 0 aliphatic carbocycles. The summed E-state index contributed by atoms with van der Waals surface area (Å²) in [5.41, 5.74) is -0.678. The first-order chi connectivity index (χ1) is 7.19. The van der Waals surface area contributed by atoms with Gasteiger partial charge >= 0.3 is 5.25 Å². The van der Waals surface area contributed by atoms with Gasteiger partial charge in [0, 0.05) is 10.6 Å². The topological polar surface area (TPSA) is 34.1 Å². The minimum absolute atomic E-state index is 0.186. The number of benzene rings is 1. The number of hydrogen-bond acceptors (Lipinski definition) is 2. The van der Waals surface area contributed by atoms with Crippen molar-refractivity contribution in [2.45, 2.75) is 10.4 Å². The van der Waals surface area contributed by atoms with Gasteiger partial charge < -0.3 is 0 Å². The first kappa shape index (κ1) is 13.6. The minimum atomic E-state index is -4.70. The Morgan fingerprint density at radius 2 is 1.50 bits per heavy atom. The van der Waals surface area contributed by atoms with Gasteiger partial charge in [-0.2, -0.15) is 8.78 Å². The Hall–Kier alpha value is -0.460. The van der Waals surface area contributed by atoms with Crippen LogP contribution < -0.4 is 0 Å². The molecule has 1 aromatic rings. The van der Waals surface area contributed by atoms with Gasteiger partial charge in [-0.25, -0.2) is 12.8 Å². The van der Waals surface area contributed by atoms with Gasteiger partial charge in [0.05, 0.1) is 0 Å². The Morgan fingerprint density at radius 1 is 1.06 bits per heavy atom. The lowest BCUT2D eigenvalue weighted by Crippen LogP contribution is -2.38. The molecule has 0 spiro atoms. The summed E-state index contributed by atoms with van der Waals surface area (Å²) in [6, 6.07) is 4.03. The first-order valence-electron chi connectivity index (χ1n) is 3.86. The molecule has 0 fully saturated rings. The van der Waals surface area contributed by atoms with Crippen molar-refractivity contribution in [3.63, 3.8) is 0 Å². The van der Waals surface area contributed by atoms with E-state index < -0.39 is 26.7 Å². The standard InChI is InChI=1S/C8H5Cl2F3O2S/c9-6-3-1-5(2-4-6)7(10,11)8(12,13)16(14)15/h1-4,16H. The molecule has 1 atom stereocenters. The third kappa shape index (κ3) is 2.28. The van der Waals surface area contributed by atoms with Crippen LogP contribution in [0.5, 0.6) is 0 Å². The van der Waals surface area contributed by atoms with Crippen molar-refractivity contribution in [3.8, 4) is 0 Å². The Bertz CT molecular complexity index is 449. The van der Waals surface area contributed by atoms with Gasteiger partial charge in [0.15, 0.2) is 0 Å². The zero-order valence-corrected chi connectivity index (χ0v) is 9.87. The van der Waals surface area contributed by atoms with Crippen LogP contribution in [0.3, 0.4) is 0 Å². The van der Waals surface area contributed by atoms with Crippen LogP contribution in [0, 0.1) is 0 Å². The quantitative estimate of drug-likeness (QED) is 0.687. The van der Waals surface area contributed by atoms with Crippen molar-refractivity contribution in [1.82, 2.24) is 0 Å². The van der Waals surface area contributed by atoms with Crippen LogP contribution in [0.15, 0.2) is 24.3 Å². The molecule has 1 rings (SSSR count). The van der Waals surface area contributed by atoms with Gasteiger partial charge in [0.25, 0.3) is 5.13 Å². The molecule has 1 aromatic carbocycles. The zero-order valence-electron chi connectivity index (χ0n) is 7.46. The summed E-state index contributed by atoms with van der Waals surface area (Å²) in [6.07, 6.45) is 0. The maximum absolute atomic E-state index is 13.6. The molecule has 90 valence electrons. The fraction of sp³-hybridized carbons (Fsp3) is 0.250. The summed E-state index contributed by atoms with van der Waals surface area (Å²) in [7, 11) is -4.34. The largest absolute Gasteiger partial charge is 0.394 e. The predicted octanol–water partition coefficient (Wildman–Crippen LogP) is 2.91. The van der Waals surface area contributed by atoms with E-state index in [1.807, 2.05) is 0 Å². The second-order valence-corrected chi connectivity index (χ2v) is 4.91. The molecule has 2 nitrogen and oxygen atoms in total. The monoisotopic (exact) mass is 292 g/mol. The molecule has 0 heterocycles. The summed E-state index contributed by atoms with van der Waals surface area (Å²) in [4.78, 5) is 0. The molecule has 0 saturated heterocycles. The van der Waals surface area contributed by atoms with E-state index in [1.54, 1.807) is 0 Å². The molecule has 0 amide bonds. The lowest BCUT2D eigenvalue weighted by Gasteiger charge is -2.23. The smallest absolute Gasteiger partial charge is 0.225 e.